The molecule has 8 heteroatoms. The quantitative estimate of drug-likeness (QED) is 0.529. The average molecular weight is 440 g/mol. The maximum absolute atomic E-state index is 14.3. The van der Waals surface area contributed by atoms with E-state index in [2.05, 4.69) is 4.98 Å². The lowest BCUT2D eigenvalue weighted by Gasteiger charge is -2.23. The van der Waals surface area contributed by atoms with Crippen LogP contribution in [-0.4, -0.2) is 39.5 Å². The first-order valence-corrected chi connectivity index (χ1v) is 10.3. The summed E-state index contributed by atoms with van der Waals surface area (Å²) in [7, 11) is 0. The lowest BCUT2D eigenvalue weighted by molar-refractivity contribution is 0.203. The second kappa shape index (κ2) is 9.30. The number of nitrogens with zero attached hydrogens (tertiary/aromatic N) is 3. The Bertz CT molecular complexity index is 1010. The summed E-state index contributed by atoms with van der Waals surface area (Å²) in [6, 6.07) is 7.70. The van der Waals surface area contributed by atoms with Gasteiger partial charge in [0.05, 0.1) is 16.7 Å². The Balaban J connectivity index is 2.24. The summed E-state index contributed by atoms with van der Waals surface area (Å²) >= 11 is 12.3. The van der Waals surface area contributed by atoms with E-state index < -0.39 is 11.9 Å². The van der Waals surface area contributed by atoms with Crippen molar-refractivity contribution in [2.24, 2.45) is 0 Å². The van der Waals surface area contributed by atoms with Crippen molar-refractivity contribution < 1.29 is 14.6 Å². The maximum atomic E-state index is 14.3. The number of benzene rings is 2. The monoisotopic (exact) mass is 439 g/mol. The molecule has 5 nitrogen and oxygen atoms in total. The van der Waals surface area contributed by atoms with E-state index in [1.807, 2.05) is 23.3 Å². The fraction of sp³-hybridized carbons (Fsp3) is 0.381. The second-order valence-electron chi connectivity index (χ2n) is 6.73. The highest BCUT2D eigenvalue weighted by atomic mass is 35.5. The van der Waals surface area contributed by atoms with E-state index in [-0.39, 0.29) is 6.61 Å². The van der Waals surface area contributed by atoms with Crippen LogP contribution in [0.5, 0.6) is 0 Å². The lowest BCUT2D eigenvalue weighted by atomic mass is 10.1. The molecule has 0 spiro atoms. The van der Waals surface area contributed by atoms with Crippen LogP contribution in [0.1, 0.15) is 37.8 Å². The molecule has 1 unspecified atom stereocenters. The number of aliphatic hydroxyl groups is 2. The van der Waals surface area contributed by atoms with E-state index in [1.54, 1.807) is 18.2 Å². The topological polar surface area (TPSA) is 61.5 Å². The Kier molecular flexibility index (Phi) is 7.01. The smallest absolute Gasteiger partial charge is 0.143 e. The van der Waals surface area contributed by atoms with Gasteiger partial charge in [0, 0.05) is 47.9 Å². The number of halogens is 3. The third kappa shape index (κ3) is 4.36. The molecular weight excluding hydrogens is 416 g/mol. The van der Waals surface area contributed by atoms with Gasteiger partial charge in [0.2, 0.25) is 0 Å². The maximum Gasteiger partial charge on any atom is 0.143 e. The first kappa shape index (κ1) is 21.8. The first-order chi connectivity index (χ1) is 13.9. The number of rotatable bonds is 8. The molecule has 1 atom stereocenters. The zero-order valence-corrected chi connectivity index (χ0v) is 17.9. The highest BCUT2D eigenvalue weighted by Crippen LogP contribution is 2.35. The van der Waals surface area contributed by atoms with Crippen LogP contribution >= 0.6 is 23.2 Å². The molecule has 2 aromatic carbocycles. The Morgan fingerprint density at radius 1 is 1.17 bits per heavy atom. The van der Waals surface area contributed by atoms with Crippen LogP contribution in [-0.2, 0) is 6.54 Å². The van der Waals surface area contributed by atoms with E-state index in [9.17, 15) is 14.6 Å². The Hall–Kier alpha value is -1.86. The van der Waals surface area contributed by atoms with Crippen LogP contribution in [0.15, 0.2) is 30.3 Å². The molecule has 0 aliphatic heterocycles. The molecule has 0 aliphatic carbocycles. The highest BCUT2D eigenvalue weighted by molar-refractivity contribution is 6.35. The van der Waals surface area contributed by atoms with Gasteiger partial charge in [0.25, 0.3) is 0 Å². The molecule has 3 aromatic rings. The van der Waals surface area contributed by atoms with Crippen LogP contribution in [0.3, 0.4) is 0 Å². The number of aryl methyl sites for hydroxylation is 1. The van der Waals surface area contributed by atoms with Gasteiger partial charge in [-0.25, -0.2) is 9.37 Å². The SMILES string of the molecule is CCN(CC)c1cc(F)cc2nc(C(O)c3ccc(Cl)cc3Cl)n(CCCO)c12. The van der Waals surface area contributed by atoms with E-state index in [1.165, 1.54) is 12.1 Å². The van der Waals surface area contributed by atoms with Crippen molar-refractivity contribution in [3.63, 3.8) is 0 Å². The molecule has 2 N–H and O–H groups in total. The summed E-state index contributed by atoms with van der Waals surface area (Å²) in [6.45, 7) is 5.79. The van der Waals surface area contributed by atoms with E-state index in [0.29, 0.717) is 58.7 Å². The standard InChI is InChI=1S/C21H24Cl2FN3O2/c1-3-26(4-2)18-12-14(24)11-17-19(18)27(8-5-9-28)21(25-17)20(29)15-7-6-13(22)10-16(15)23/h6-7,10-12,20,28-29H,3-5,8-9H2,1-2H3. The van der Waals surface area contributed by atoms with Crippen molar-refractivity contribution >= 4 is 39.9 Å². The largest absolute Gasteiger partial charge is 0.396 e. The summed E-state index contributed by atoms with van der Waals surface area (Å²) in [6.07, 6.45) is -0.660. The Morgan fingerprint density at radius 2 is 1.90 bits per heavy atom. The molecule has 156 valence electrons. The molecule has 1 aromatic heterocycles. The molecule has 0 saturated heterocycles. The van der Waals surface area contributed by atoms with Gasteiger partial charge in [-0.15, -0.1) is 0 Å². The molecule has 0 saturated carbocycles. The van der Waals surface area contributed by atoms with Crippen LogP contribution in [0.4, 0.5) is 10.1 Å². The minimum atomic E-state index is -1.13. The van der Waals surface area contributed by atoms with Crippen molar-refractivity contribution in [2.45, 2.75) is 32.9 Å². The van der Waals surface area contributed by atoms with E-state index in [4.69, 9.17) is 23.2 Å². The fourth-order valence-corrected chi connectivity index (χ4v) is 4.07. The molecule has 0 amide bonds. The fourth-order valence-electron chi connectivity index (χ4n) is 3.56. The second-order valence-corrected chi connectivity index (χ2v) is 7.58. The molecule has 1 heterocycles. The van der Waals surface area contributed by atoms with Crippen molar-refractivity contribution in [1.82, 2.24) is 9.55 Å². The highest BCUT2D eigenvalue weighted by Gasteiger charge is 2.25. The van der Waals surface area contributed by atoms with Crippen molar-refractivity contribution in [3.05, 3.63) is 57.6 Å². The van der Waals surface area contributed by atoms with Gasteiger partial charge in [-0.3, -0.25) is 0 Å². The van der Waals surface area contributed by atoms with Gasteiger partial charge >= 0.3 is 0 Å². The Morgan fingerprint density at radius 3 is 2.52 bits per heavy atom. The summed E-state index contributed by atoms with van der Waals surface area (Å²) in [5, 5.41) is 21.2. The molecule has 0 fully saturated rings. The van der Waals surface area contributed by atoms with E-state index >= 15 is 0 Å². The van der Waals surface area contributed by atoms with Crippen LogP contribution < -0.4 is 4.90 Å². The van der Waals surface area contributed by atoms with Gasteiger partial charge in [-0.05, 0) is 38.5 Å². The normalized spacial score (nSPS) is 12.5. The van der Waals surface area contributed by atoms with E-state index in [0.717, 1.165) is 5.52 Å². The molecular formula is C21H24Cl2FN3O2. The first-order valence-electron chi connectivity index (χ1n) is 9.59. The van der Waals surface area contributed by atoms with Gasteiger partial charge in [-0.2, -0.15) is 0 Å². The number of anilines is 1. The predicted molar refractivity (Wildman–Crippen MR) is 115 cm³/mol. The number of hydrogen-bond donors (Lipinski definition) is 2. The summed E-state index contributed by atoms with van der Waals surface area (Å²) in [5.41, 5.74) is 2.34. The summed E-state index contributed by atoms with van der Waals surface area (Å²) in [4.78, 5) is 6.59. The van der Waals surface area contributed by atoms with Crippen molar-refractivity contribution in [1.29, 1.82) is 0 Å². The minimum absolute atomic E-state index is 0.0152. The molecule has 3 rings (SSSR count). The van der Waals surface area contributed by atoms with Crippen LogP contribution in [0, 0.1) is 5.82 Å². The summed E-state index contributed by atoms with van der Waals surface area (Å²) in [5.74, 6) is -0.0477. The Labute approximate surface area is 179 Å². The summed E-state index contributed by atoms with van der Waals surface area (Å²) < 4.78 is 16.2. The van der Waals surface area contributed by atoms with Gasteiger partial charge in [0.15, 0.2) is 0 Å². The average Bonchev–Trinajstić information content (AvgIpc) is 3.04. The van der Waals surface area contributed by atoms with Gasteiger partial charge < -0.3 is 19.7 Å². The number of fused-ring (bicyclic) bond motifs is 1. The number of aliphatic hydroxyl groups excluding tert-OH is 2. The van der Waals surface area contributed by atoms with Crippen molar-refractivity contribution in [2.75, 3.05) is 24.6 Å². The van der Waals surface area contributed by atoms with Gasteiger partial charge in [-0.1, -0.05) is 29.3 Å². The third-order valence-electron chi connectivity index (χ3n) is 4.96. The molecule has 29 heavy (non-hydrogen) atoms. The number of hydrogen-bond acceptors (Lipinski definition) is 4. The lowest BCUT2D eigenvalue weighted by Crippen LogP contribution is -2.23. The predicted octanol–water partition coefficient (Wildman–Crippen LogP) is 4.79. The van der Waals surface area contributed by atoms with Crippen LogP contribution in [0.25, 0.3) is 11.0 Å². The number of imidazole rings is 1. The zero-order valence-electron chi connectivity index (χ0n) is 16.4. The minimum Gasteiger partial charge on any atom is -0.396 e. The molecule has 0 bridgehead atoms. The van der Waals surface area contributed by atoms with Gasteiger partial charge in [0.1, 0.15) is 17.7 Å². The third-order valence-corrected chi connectivity index (χ3v) is 5.52. The van der Waals surface area contributed by atoms with Crippen LogP contribution in [0.2, 0.25) is 10.0 Å². The van der Waals surface area contributed by atoms with Crippen molar-refractivity contribution in [3.8, 4) is 0 Å². The zero-order chi connectivity index (χ0) is 21.1. The number of aromatic nitrogens is 2. The molecule has 0 radical (unpaired) electrons. The molecule has 0 aliphatic rings.